The minimum absolute atomic E-state index is 0.355. The first-order valence-electron chi connectivity index (χ1n) is 4.88. The van der Waals surface area contributed by atoms with Crippen LogP contribution in [0.4, 0.5) is 5.69 Å². The Hall–Kier alpha value is -0.290. The van der Waals surface area contributed by atoms with Crippen LogP contribution in [0.2, 0.25) is 5.02 Å². The molecule has 2 nitrogen and oxygen atoms in total. The maximum absolute atomic E-state index is 11.1. The number of hydrogen-bond acceptors (Lipinski definition) is 2. The van der Waals surface area contributed by atoms with E-state index in [4.69, 9.17) is 11.6 Å². The molecule has 0 aliphatic carbocycles. The molecule has 2 rings (SSSR count). The molecule has 1 aliphatic heterocycles. The summed E-state index contributed by atoms with van der Waals surface area (Å²) >= 11 is 8.41. The smallest absolute Gasteiger partial charge is 0.136 e. The average Bonchev–Trinajstić information content (AvgIpc) is 2.20. The lowest BCUT2D eigenvalue weighted by molar-refractivity contribution is -0.119. The first-order valence-corrected chi connectivity index (χ1v) is 6.34. The SMILES string of the molecule is O=C1CCN(c2ccc(I)cc2Cl)CC1. The monoisotopic (exact) mass is 335 g/mol. The van der Waals surface area contributed by atoms with Gasteiger partial charge in [-0.1, -0.05) is 11.6 Å². The zero-order valence-corrected chi connectivity index (χ0v) is 11.1. The quantitative estimate of drug-likeness (QED) is 0.735. The molecular formula is C11H11ClINO. The molecule has 4 heteroatoms. The highest BCUT2D eigenvalue weighted by molar-refractivity contribution is 14.1. The van der Waals surface area contributed by atoms with Crippen LogP contribution in [-0.4, -0.2) is 18.9 Å². The van der Waals surface area contributed by atoms with Gasteiger partial charge < -0.3 is 4.90 Å². The minimum atomic E-state index is 0.355. The topological polar surface area (TPSA) is 20.3 Å². The van der Waals surface area contributed by atoms with E-state index in [1.165, 1.54) is 0 Å². The van der Waals surface area contributed by atoms with Crippen molar-refractivity contribution < 1.29 is 4.79 Å². The Morgan fingerprint density at radius 3 is 2.53 bits per heavy atom. The first-order chi connectivity index (χ1) is 7.16. The molecule has 0 spiro atoms. The second-order valence-electron chi connectivity index (χ2n) is 3.62. The average molecular weight is 336 g/mol. The molecule has 1 saturated heterocycles. The molecule has 1 aromatic carbocycles. The summed E-state index contributed by atoms with van der Waals surface area (Å²) in [6, 6.07) is 6.02. The van der Waals surface area contributed by atoms with E-state index in [0.717, 1.165) is 27.4 Å². The predicted molar refractivity (Wildman–Crippen MR) is 70.6 cm³/mol. The second kappa shape index (κ2) is 4.70. The molecule has 0 radical (unpaired) electrons. The van der Waals surface area contributed by atoms with Crippen LogP contribution < -0.4 is 4.90 Å². The molecule has 1 fully saturated rings. The van der Waals surface area contributed by atoms with Gasteiger partial charge in [-0.15, -0.1) is 0 Å². The lowest BCUT2D eigenvalue weighted by Gasteiger charge is -2.28. The molecular weight excluding hydrogens is 324 g/mol. The lowest BCUT2D eigenvalue weighted by atomic mass is 10.1. The summed E-state index contributed by atoms with van der Waals surface area (Å²) in [6.45, 7) is 1.58. The zero-order chi connectivity index (χ0) is 10.8. The van der Waals surface area contributed by atoms with Crippen molar-refractivity contribution in [1.29, 1.82) is 0 Å². The molecule has 0 unspecified atom stereocenters. The van der Waals surface area contributed by atoms with E-state index in [1.807, 2.05) is 18.2 Å². The van der Waals surface area contributed by atoms with E-state index < -0.39 is 0 Å². The number of halogens is 2. The number of nitrogens with zero attached hydrogens (tertiary/aromatic N) is 1. The summed E-state index contributed by atoms with van der Waals surface area (Å²) in [7, 11) is 0. The van der Waals surface area contributed by atoms with Crippen molar-refractivity contribution in [2.75, 3.05) is 18.0 Å². The van der Waals surface area contributed by atoms with E-state index in [1.54, 1.807) is 0 Å². The number of benzene rings is 1. The van der Waals surface area contributed by atoms with Crippen LogP contribution in [0.3, 0.4) is 0 Å². The van der Waals surface area contributed by atoms with Crippen molar-refractivity contribution in [3.63, 3.8) is 0 Å². The third-order valence-corrected chi connectivity index (χ3v) is 3.55. The molecule has 0 saturated carbocycles. The van der Waals surface area contributed by atoms with Crippen molar-refractivity contribution in [3.05, 3.63) is 26.8 Å². The Kier molecular flexibility index (Phi) is 3.51. The van der Waals surface area contributed by atoms with Gasteiger partial charge >= 0.3 is 0 Å². The second-order valence-corrected chi connectivity index (χ2v) is 5.27. The predicted octanol–water partition coefficient (Wildman–Crippen LogP) is 3.11. The summed E-state index contributed by atoms with van der Waals surface area (Å²) in [5, 5.41) is 0.774. The van der Waals surface area contributed by atoms with Gasteiger partial charge in [0.15, 0.2) is 0 Å². The van der Waals surface area contributed by atoms with Crippen LogP contribution in [-0.2, 0) is 4.79 Å². The van der Waals surface area contributed by atoms with Crippen molar-refractivity contribution in [1.82, 2.24) is 0 Å². The van der Waals surface area contributed by atoms with Gasteiger partial charge in [0.1, 0.15) is 5.78 Å². The maximum atomic E-state index is 11.1. The van der Waals surface area contributed by atoms with E-state index >= 15 is 0 Å². The van der Waals surface area contributed by atoms with Gasteiger partial charge in [0.25, 0.3) is 0 Å². The van der Waals surface area contributed by atoms with Gasteiger partial charge in [0, 0.05) is 29.5 Å². The molecule has 0 aromatic heterocycles. The van der Waals surface area contributed by atoms with Crippen LogP contribution in [0.1, 0.15) is 12.8 Å². The molecule has 0 atom stereocenters. The Bertz CT molecular complexity index is 384. The van der Waals surface area contributed by atoms with Gasteiger partial charge in [-0.3, -0.25) is 4.79 Å². The van der Waals surface area contributed by atoms with Crippen LogP contribution in [0.5, 0.6) is 0 Å². The molecule has 80 valence electrons. The molecule has 15 heavy (non-hydrogen) atoms. The van der Waals surface area contributed by atoms with E-state index in [2.05, 4.69) is 27.5 Å². The summed E-state index contributed by atoms with van der Waals surface area (Å²) in [5.41, 5.74) is 1.05. The zero-order valence-electron chi connectivity index (χ0n) is 8.17. The van der Waals surface area contributed by atoms with Crippen molar-refractivity contribution in [2.24, 2.45) is 0 Å². The number of Topliss-reactive ketones (excluding diaryl/α,β-unsaturated/α-hetero) is 1. The third kappa shape index (κ3) is 2.64. The number of carbonyl (C=O) groups excluding carboxylic acids is 1. The first kappa shape index (κ1) is 11.2. The highest BCUT2D eigenvalue weighted by Crippen LogP contribution is 2.29. The number of rotatable bonds is 1. The summed E-state index contributed by atoms with van der Waals surface area (Å²) in [5.74, 6) is 0.355. The fraction of sp³-hybridized carbons (Fsp3) is 0.364. The molecule has 1 heterocycles. The van der Waals surface area contributed by atoms with E-state index in [9.17, 15) is 4.79 Å². The van der Waals surface area contributed by atoms with Crippen molar-refractivity contribution in [2.45, 2.75) is 12.8 Å². The number of piperidine rings is 1. The highest BCUT2D eigenvalue weighted by atomic mass is 127. The fourth-order valence-electron chi connectivity index (χ4n) is 1.73. The molecule has 0 bridgehead atoms. The Labute approximate surface area is 108 Å². The number of ketones is 1. The standard InChI is InChI=1S/C11H11ClINO/c12-10-7-8(13)1-2-11(10)14-5-3-9(15)4-6-14/h1-2,7H,3-6H2. The van der Waals surface area contributed by atoms with Crippen LogP contribution >= 0.6 is 34.2 Å². The van der Waals surface area contributed by atoms with E-state index in [0.29, 0.717) is 18.6 Å². The fourth-order valence-corrected chi connectivity index (χ4v) is 2.71. The number of carbonyl (C=O) groups is 1. The summed E-state index contributed by atoms with van der Waals surface area (Å²) in [4.78, 5) is 13.3. The molecule has 0 N–H and O–H groups in total. The Morgan fingerprint density at radius 1 is 1.27 bits per heavy atom. The summed E-state index contributed by atoms with van der Waals surface area (Å²) < 4.78 is 1.13. The highest BCUT2D eigenvalue weighted by Gasteiger charge is 2.18. The third-order valence-electron chi connectivity index (χ3n) is 2.57. The van der Waals surface area contributed by atoms with Gasteiger partial charge in [0.05, 0.1) is 10.7 Å². The van der Waals surface area contributed by atoms with Gasteiger partial charge in [-0.25, -0.2) is 0 Å². The Balaban J connectivity index is 2.19. The summed E-state index contributed by atoms with van der Waals surface area (Å²) in [6.07, 6.45) is 1.28. The van der Waals surface area contributed by atoms with Crippen molar-refractivity contribution >= 4 is 45.7 Å². The molecule has 1 aliphatic rings. The van der Waals surface area contributed by atoms with Crippen LogP contribution in [0, 0.1) is 3.57 Å². The van der Waals surface area contributed by atoms with Crippen molar-refractivity contribution in [3.8, 4) is 0 Å². The lowest BCUT2D eigenvalue weighted by Crippen LogP contribution is -2.33. The van der Waals surface area contributed by atoms with Gasteiger partial charge in [-0.2, -0.15) is 0 Å². The Morgan fingerprint density at radius 2 is 1.93 bits per heavy atom. The van der Waals surface area contributed by atoms with Crippen LogP contribution in [0.15, 0.2) is 18.2 Å². The van der Waals surface area contributed by atoms with Gasteiger partial charge in [-0.05, 0) is 40.8 Å². The normalized spacial score (nSPS) is 16.9. The van der Waals surface area contributed by atoms with E-state index in [-0.39, 0.29) is 0 Å². The van der Waals surface area contributed by atoms with Gasteiger partial charge in [0.2, 0.25) is 0 Å². The number of anilines is 1. The molecule has 1 aromatic rings. The van der Waals surface area contributed by atoms with Crippen LogP contribution in [0.25, 0.3) is 0 Å². The number of hydrogen-bond donors (Lipinski definition) is 0. The largest absolute Gasteiger partial charge is 0.369 e. The maximum Gasteiger partial charge on any atom is 0.136 e. The minimum Gasteiger partial charge on any atom is -0.369 e. The molecule has 0 amide bonds.